The zero-order valence-corrected chi connectivity index (χ0v) is 14.1. The largest absolute Gasteiger partial charge is 0.453 e. The Bertz CT molecular complexity index is 1340. The third kappa shape index (κ3) is 1.94. The molecule has 0 saturated heterocycles. The van der Waals surface area contributed by atoms with Crippen LogP contribution >= 0.6 is 11.3 Å². The first-order chi connectivity index (χ1) is 12.8. The molecule has 124 valence electrons. The number of furan rings is 2. The predicted octanol–water partition coefficient (Wildman–Crippen LogP) is 5.01. The molecule has 0 unspecified atom stereocenters. The molecule has 4 aromatic heterocycles. The van der Waals surface area contributed by atoms with E-state index in [1.165, 1.54) is 11.3 Å². The molecule has 0 fully saturated rings. The second-order valence-corrected chi connectivity index (χ2v) is 6.88. The highest BCUT2D eigenvalue weighted by Gasteiger charge is 2.19. The maximum atomic E-state index is 5.91. The summed E-state index contributed by atoms with van der Waals surface area (Å²) in [6, 6.07) is 19.7. The average Bonchev–Trinajstić information content (AvgIpc) is 3.41. The van der Waals surface area contributed by atoms with Gasteiger partial charge in [0.1, 0.15) is 11.2 Å². The molecule has 4 heterocycles. The second-order valence-electron chi connectivity index (χ2n) is 5.92. The van der Waals surface area contributed by atoms with Crippen molar-refractivity contribution < 1.29 is 8.83 Å². The topological polar surface area (TPSA) is 69.4 Å². The van der Waals surface area contributed by atoms with Crippen molar-refractivity contribution in [3.05, 3.63) is 60.7 Å². The van der Waals surface area contributed by atoms with E-state index in [0.29, 0.717) is 16.5 Å². The van der Waals surface area contributed by atoms with Crippen molar-refractivity contribution in [2.24, 2.45) is 0 Å². The lowest BCUT2D eigenvalue weighted by Gasteiger charge is -1.90. The fraction of sp³-hybridized carbons (Fsp3) is 0. The highest BCUT2D eigenvalue weighted by molar-refractivity contribution is 7.19. The van der Waals surface area contributed by atoms with Gasteiger partial charge in [0.05, 0.1) is 0 Å². The van der Waals surface area contributed by atoms with E-state index < -0.39 is 0 Å². The van der Waals surface area contributed by atoms with Gasteiger partial charge < -0.3 is 8.83 Å². The van der Waals surface area contributed by atoms with Crippen molar-refractivity contribution in [3.63, 3.8) is 0 Å². The van der Waals surface area contributed by atoms with E-state index in [0.717, 1.165) is 32.7 Å². The summed E-state index contributed by atoms with van der Waals surface area (Å²) in [5, 5.41) is 15.9. The highest BCUT2D eigenvalue weighted by Crippen LogP contribution is 2.33. The Morgan fingerprint density at radius 1 is 0.769 bits per heavy atom. The molecular formula is C19H10N4O2S. The molecule has 7 heteroatoms. The SMILES string of the molecule is c1ccc2oc(-c3nn4c(-c5cc6ccccc6o5)nnc4s3)cc2c1. The standard InChI is InChI=1S/C19H10N4O2S/c1-3-7-13-11(5-1)9-15(24-13)17-20-21-19-23(17)22-18(26-19)16-10-12-6-2-4-8-14(12)25-16/h1-10H. The first kappa shape index (κ1) is 13.8. The summed E-state index contributed by atoms with van der Waals surface area (Å²) in [5.74, 6) is 1.94. The van der Waals surface area contributed by atoms with Crippen molar-refractivity contribution in [1.29, 1.82) is 0 Å². The Morgan fingerprint density at radius 2 is 1.42 bits per heavy atom. The summed E-state index contributed by atoms with van der Waals surface area (Å²) in [7, 11) is 0. The molecule has 6 aromatic rings. The van der Waals surface area contributed by atoms with Crippen molar-refractivity contribution in [1.82, 2.24) is 19.8 Å². The number of para-hydroxylation sites is 2. The smallest absolute Gasteiger partial charge is 0.235 e. The summed E-state index contributed by atoms with van der Waals surface area (Å²) < 4.78 is 13.5. The van der Waals surface area contributed by atoms with E-state index in [4.69, 9.17) is 8.83 Å². The van der Waals surface area contributed by atoms with Crippen LogP contribution in [0, 0.1) is 0 Å². The molecule has 0 atom stereocenters. The number of benzene rings is 2. The molecule has 0 N–H and O–H groups in total. The molecule has 0 saturated carbocycles. The van der Waals surface area contributed by atoms with Crippen LogP contribution in [0.3, 0.4) is 0 Å². The van der Waals surface area contributed by atoms with Crippen LogP contribution in [0.2, 0.25) is 0 Å². The maximum Gasteiger partial charge on any atom is 0.235 e. The Kier molecular flexibility index (Phi) is 2.67. The normalized spacial score (nSPS) is 11.8. The van der Waals surface area contributed by atoms with Gasteiger partial charge in [-0.05, 0) is 24.3 Å². The Balaban J connectivity index is 1.51. The number of hydrogen-bond acceptors (Lipinski definition) is 6. The molecule has 2 aromatic carbocycles. The van der Waals surface area contributed by atoms with Crippen LogP contribution in [-0.2, 0) is 0 Å². The number of rotatable bonds is 2. The van der Waals surface area contributed by atoms with Gasteiger partial charge in [-0.2, -0.15) is 4.52 Å². The zero-order valence-electron chi connectivity index (χ0n) is 13.3. The Hall–Kier alpha value is -3.45. The lowest BCUT2D eigenvalue weighted by Crippen LogP contribution is -1.89. The number of hydrogen-bond donors (Lipinski definition) is 0. The molecule has 0 spiro atoms. The summed E-state index contributed by atoms with van der Waals surface area (Å²) in [4.78, 5) is 0.691. The quantitative estimate of drug-likeness (QED) is 0.435. The molecule has 0 bridgehead atoms. The van der Waals surface area contributed by atoms with Crippen LogP contribution in [-0.4, -0.2) is 19.8 Å². The summed E-state index contributed by atoms with van der Waals surface area (Å²) in [5.41, 5.74) is 1.65. The third-order valence-electron chi connectivity index (χ3n) is 4.27. The van der Waals surface area contributed by atoms with Gasteiger partial charge in [-0.1, -0.05) is 47.7 Å². The van der Waals surface area contributed by atoms with Gasteiger partial charge >= 0.3 is 0 Å². The average molecular weight is 358 g/mol. The van der Waals surface area contributed by atoms with Crippen molar-refractivity contribution in [3.8, 4) is 22.4 Å². The van der Waals surface area contributed by atoms with E-state index in [2.05, 4.69) is 15.3 Å². The number of nitrogens with zero attached hydrogens (tertiary/aromatic N) is 4. The van der Waals surface area contributed by atoms with E-state index in [1.54, 1.807) is 4.52 Å². The molecule has 0 aliphatic heterocycles. The van der Waals surface area contributed by atoms with Crippen LogP contribution in [0.5, 0.6) is 0 Å². The lowest BCUT2D eigenvalue weighted by atomic mass is 10.2. The second kappa shape index (κ2) is 5.03. The fourth-order valence-electron chi connectivity index (χ4n) is 3.05. The Labute approximate surface area is 150 Å². The summed E-state index contributed by atoms with van der Waals surface area (Å²) in [6.07, 6.45) is 0. The lowest BCUT2D eigenvalue weighted by molar-refractivity contribution is 0.619. The van der Waals surface area contributed by atoms with Crippen molar-refractivity contribution in [2.75, 3.05) is 0 Å². The highest BCUT2D eigenvalue weighted by atomic mass is 32.1. The van der Waals surface area contributed by atoms with E-state index >= 15 is 0 Å². The van der Waals surface area contributed by atoms with Gasteiger partial charge in [-0.15, -0.1) is 15.3 Å². The van der Waals surface area contributed by atoms with E-state index in [1.807, 2.05) is 60.7 Å². The third-order valence-corrected chi connectivity index (χ3v) is 5.19. The number of aromatic nitrogens is 4. The monoisotopic (exact) mass is 358 g/mol. The van der Waals surface area contributed by atoms with E-state index in [9.17, 15) is 0 Å². The van der Waals surface area contributed by atoms with Crippen molar-refractivity contribution >= 4 is 38.2 Å². The van der Waals surface area contributed by atoms with Crippen LogP contribution < -0.4 is 0 Å². The minimum Gasteiger partial charge on any atom is -0.453 e. The summed E-state index contributed by atoms with van der Waals surface area (Å²) >= 11 is 1.43. The van der Waals surface area contributed by atoms with Crippen molar-refractivity contribution in [2.45, 2.75) is 0 Å². The molecule has 26 heavy (non-hydrogen) atoms. The van der Waals surface area contributed by atoms with Crippen LogP contribution in [0.4, 0.5) is 0 Å². The molecule has 6 nitrogen and oxygen atoms in total. The van der Waals surface area contributed by atoms with Gasteiger partial charge in [0.25, 0.3) is 0 Å². The first-order valence-electron chi connectivity index (χ1n) is 8.05. The van der Waals surface area contributed by atoms with Gasteiger partial charge in [-0.25, -0.2) is 0 Å². The van der Waals surface area contributed by atoms with Gasteiger partial charge in [0.2, 0.25) is 10.8 Å². The fourth-order valence-corrected chi connectivity index (χ4v) is 3.84. The molecule has 6 rings (SSSR count). The predicted molar refractivity (Wildman–Crippen MR) is 99.1 cm³/mol. The van der Waals surface area contributed by atoms with Gasteiger partial charge in [0, 0.05) is 10.8 Å². The van der Waals surface area contributed by atoms with Gasteiger partial charge in [-0.3, -0.25) is 0 Å². The zero-order chi connectivity index (χ0) is 17.1. The maximum absolute atomic E-state index is 5.91. The Morgan fingerprint density at radius 3 is 2.15 bits per heavy atom. The molecule has 0 aliphatic rings. The minimum atomic E-state index is 0.579. The van der Waals surface area contributed by atoms with E-state index in [-0.39, 0.29) is 0 Å². The van der Waals surface area contributed by atoms with Crippen LogP contribution in [0.1, 0.15) is 0 Å². The summed E-state index contributed by atoms with van der Waals surface area (Å²) in [6.45, 7) is 0. The molecular weight excluding hydrogens is 348 g/mol. The number of fused-ring (bicyclic) bond motifs is 3. The first-order valence-corrected chi connectivity index (χ1v) is 8.87. The molecule has 0 amide bonds. The van der Waals surface area contributed by atoms with Crippen LogP contribution in [0.25, 0.3) is 49.3 Å². The minimum absolute atomic E-state index is 0.579. The molecule has 0 radical (unpaired) electrons. The van der Waals surface area contributed by atoms with Crippen LogP contribution in [0.15, 0.2) is 69.5 Å². The molecule has 0 aliphatic carbocycles. The van der Waals surface area contributed by atoms with Gasteiger partial charge in [0.15, 0.2) is 16.5 Å².